The molecule has 2 aliphatic carbocycles. The Balaban J connectivity index is 1.89. The number of esters is 2. The number of nitrogens with zero attached hydrogens (tertiary/aromatic N) is 3. The fourth-order valence-electron chi connectivity index (χ4n) is 6.06. The first-order chi connectivity index (χ1) is 10.9. The summed E-state index contributed by atoms with van der Waals surface area (Å²) in [5.41, 5.74) is -2.34. The highest BCUT2D eigenvalue weighted by Gasteiger charge is 2.95. The number of carbonyl (C=O) groups is 2. The molecule has 5 rings (SSSR count). The average molecular weight is 321 g/mol. The van der Waals surface area contributed by atoms with Gasteiger partial charge in [-0.05, 0) is 25.9 Å². The fraction of sp³-hybridized carbons (Fsp3) is 0.875. The lowest BCUT2D eigenvalue weighted by atomic mass is 9.73. The van der Waals surface area contributed by atoms with E-state index in [2.05, 4.69) is 22.1 Å². The van der Waals surface area contributed by atoms with E-state index in [1.54, 1.807) is 0 Å². The van der Waals surface area contributed by atoms with Crippen molar-refractivity contribution in [2.75, 3.05) is 27.3 Å². The van der Waals surface area contributed by atoms with Crippen LogP contribution < -0.4 is 0 Å². The van der Waals surface area contributed by atoms with E-state index in [-0.39, 0.29) is 29.8 Å². The van der Waals surface area contributed by atoms with Gasteiger partial charge in [-0.1, -0.05) is 13.8 Å². The smallest absolute Gasteiger partial charge is 0.337 e. The van der Waals surface area contributed by atoms with E-state index in [4.69, 9.17) is 9.47 Å². The molecule has 4 bridgehead atoms. The van der Waals surface area contributed by atoms with Crippen molar-refractivity contribution in [2.45, 2.75) is 43.8 Å². The lowest BCUT2D eigenvalue weighted by Crippen LogP contribution is -2.65. The number of carbonyl (C=O) groups excluding carboxylic acids is 2. The van der Waals surface area contributed by atoms with Gasteiger partial charge in [0, 0.05) is 17.3 Å². The molecule has 23 heavy (non-hydrogen) atoms. The molecule has 5 aliphatic rings. The molecule has 7 heteroatoms. The van der Waals surface area contributed by atoms with Gasteiger partial charge in [0.15, 0.2) is 11.1 Å². The second-order valence-electron chi connectivity index (χ2n) is 7.47. The Morgan fingerprint density at radius 1 is 1.09 bits per heavy atom. The van der Waals surface area contributed by atoms with Crippen LogP contribution in [0.1, 0.15) is 26.7 Å². The Labute approximate surface area is 135 Å². The molecule has 6 atom stereocenters. The van der Waals surface area contributed by atoms with Gasteiger partial charge in [-0.15, -0.1) is 0 Å². The minimum atomic E-state index is -0.992. The normalized spacial score (nSPS) is 50.0. The second kappa shape index (κ2) is 4.32. The number of azo groups is 1. The molecule has 2 saturated carbocycles. The molecule has 0 spiro atoms. The molecule has 0 unspecified atom stereocenters. The molecule has 3 fully saturated rings. The van der Waals surface area contributed by atoms with Gasteiger partial charge in [-0.3, -0.25) is 4.90 Å². The molecule has 0 amide bonds. The van der Waals surface area contributed by atoms with Crippen LogP contribution in [0.3, 0.4) is 0 Å². The summed E-state index contributed by atoms with van der Waals surface area (Å²) in [5.74, 6) is -0.785. The molecule has 0 aromatic carbocycles. The van der Waals surface area contributed by atoms with Gasteiger partial charge in [-0.25, -0.2) is 9.59 Å². The van der Waals surface area contributed by atoms with Crippen molar-refractivity contribution in [3.8, 4) is 0 Å². The minimum absolute atomic E-state index is 0.0235. The molecular weight excluding hydrogens is 298 g/mol. The predicted octanol–water partition coefficient (Wildman–Crippen LogP) is 1.03. The molecule has 7 nitrogen and oxygen atoms in total. The number of methoxy groups -OCH3 is 2. The number of rotatable bonds is 3. The highest BCUT2D eigenvalue weighted by molar-refractivity contribution is 5.94. The maximum atomic E-state index is 12.7. The van der Waals surface area contributed by atoms with Crippen LogP contribution in [-0.2, 0) is 19.1 Å². The molecule has 3 heterocycles. The minimum Gasteiger partial charge on any atom is -0.467 e. The number of hydrogen-bond donors (Lipinski definition) is 0. The molecule has 1 saturated heterocycles. The Bertz CT molecular complexity index is 616. The monoisotopic (exact) mass is 321 g/mol. The summed E-state index contributed by atoms with van der Waals surface area (Å²) in [6.07, 6.45) is 2.20. The molecule has 0 radical (unpaired) electrons. The largest absolute Gasteiger partial charge is 0.467 e. The van der Waals surface area contributed by atoms with Crippen molar-refractivity contribution < 1.29 is 19.1 Å². The predicted molar refractivity (Wildman–Crippen MR) is 79.7 cm³/mol. The van der Waals surface area contributed by atoms with Crippen LogP contribution in [0.25, 0.3) is 0 Å². The summed E-state index contributed by atoms with van der Waals surface area (Å²) in [6.45, 7) is 5.91. The molecule has 3 aliphatic heterocycles. The molecule has 0 aromatic rings. The van der Waals surface area contributed by atoms with Crippen molar-refractivity contribution in [3.63, 3.8) is 0 Å². The Kier molecular flexibility index (Phi) is 2.82. The zero-order valence-electron chi connectivity index (χ0n) is 14.0. The molecule has 0 N–H and O–H groups in total. The Morgan fingerprint density at radius 3 is 2.26 bits per heavy atom. The number of hydrogen-bond acceptors (Lipinski definition) is 7. The van der Waals surface area contributed by atoms with Gasteiger partial charge in [0.2, 0.25) is 0 Å². The third kappa shape index (κ3) is 1.30. The zero-order chi connectivity index (χ0) is 16.6. The first-order valence-electron chi connectivity index (χ1n) is 8.27. The van der Waals surface area contributed by atoms with Crippen molar-refractivity contribution in [1.29, 1.82) is 0 Å². The van der Waals surface area contributed by atoms with Crippen molar-refractivity contribution in [2.24, 2.45) is 27.5 Å². The van der Waals surface area contributed by atoms with Crippen LogP contribution in [0.15, 0.2) is 10.2 Å². The zero-order valence-corrected chi connectivity index (χ0v) is 14.0. The first-order valence-corrected chi connectivity index (χ1v) is 8.27. The van der Waals surface area contributed by atoms with E-state index >= 15 is 0 Å². The first kappa shape index (κ1) is 15.1. The number of ether oxygens (including phenoxy) is 2. The van der Waals surface area contributed by atoms with Crippen LogP contribution in [0.2, 0.25) is 0 Å². The van der Waals surface area contributed by atoms with Gasteiger partial charge in [-0.2, -0.15) is 10.2 Å². The maximum Gasteiger partial charge on any atom is 0.337 e. The Morgan fingerprint density at radius 2 is 1.70 bits per heavy atom. The summed E-state index contributed by atoms with van der Waals surface area (Å²) in [5, 5.41) is 8.77. The topological polar surface area (TPSA) is 80.6 Å². The van der Waals surface area contributed by atoms with Crippen LogP contribution in [-0.4, -0.2) is 61.3 Å². The van der Waals surface area contributed by atoms with E-state index in [0.717, 1.165) is 25.9 Å². The van der Waals surface area contributed by atoms with Crippen LogP contribution >= 0.6 is 0 Å². The fourth-order valence-corrected chi connectivity index (χ4v) is 6.06. The highest BCUT2D eigenvalue weighted by atomic mass is 16.5. The summed E-state index contributed by atoms with van der Waals surface area (Å²) in [7, 11) is 2.79. The van der Waals surface area contributed by atoms with Gasteiger partial charge in [0.25, 0.3) is 0 Å². The number of likely N-dealkylation sites (tertiary alicyclic amines) is 1. The maximum absolute atomic E-state index is 12.7. The Hall–Kier alpha value is -1.50. The average Bonchev–Trinajstić information content (AvgIpc) is 2.86. The van der Waals surface area contributed by atoms with Gasteiger partial charge >= 0.3 is 11.9 Å². The molecule has 126 valence electrons. The lowest BCUT2D eigenvalue weighted by molar-refractivity contribution is -0.159. The summed E-state index contributed by atoms with van der Waals surface area (Å²) in [6, 6.07) is -0.151. The van der Waals surface area contributed by atoms with Crippen LogP contribution in [0.5, 0.6) is 0 Å². The van der Waals surface area contributed by atoms with Gasteiger partial charge in [0.1, 0.15) is 0 Å². The second-order valence-corrected chi connectivity index (χ2v) is 7.47. The third-order valence-corrected chi connectivity index (χ3v) is 6.90. The highest BCUT2D eigenvalue weighted by Crippen LogP contribution is 2.81. The summed E-state index contributed by atoms with van der Waals surface area (Å²) < 4.78 is 10.2. The van der Waals surface area contributed by atoms with E-state index in [9.17, 15) is 9.59 Å². The standard InChI is InChI=1S/C16H23N3O4/c1-9-10-14(2)11(19-7-5-6-8-19)15(9,12(20)22-3)17-18-16(10,14)13(21)23-4/h9-11H,5-8H2,1-4H3/t9-,10-,11+,14+,15-,16-/m0/s1. The van der Waals surface area contributed by atoms with E-state index in [1.807, 2.05) is 6.92 Å². The quantitative estimate of drug-likeness (QED) is 0.725. The third-order valence-electron chi connectivity index (χ3n) is 6.90. The summed E-state index contributed by atoms with van der Waals surface area (Å²) >= 11 is 0. The van der Waals surface area contributed by atoms with Crippen molar-refractivity contribution >= 4 is 11.9 Å². The van der Waals surface area contributed by atoms with E-state index < -0.39 is 16.5 Å². The lowest BCUT2D eigenvalue weighted by Gasteiger charge is -2.46. The van der Waals surface area contributed by atoms with Crippen LogP contribution in [0.4, 0.5) is 0 Å². The van der Waals surface area contributed by atoms with Gasteiger partial charge in [0.05, 0.1) is 20.3 Å². The molecular formula is C16H23N3O4. The van der Waals surface area contributed by atoms with Crippen LogP contribution in [0, 0.1) is 17.3 Å². The van der Waals surface area contributed by atoms with Crippen molar-refractivity contribution in [1.82, 2.24) is 4.90 Å². The SMILES string of the molecule is COC(=O)[C@]12N=N[C@]3(C(=O)OC)[C@@H]([C@@H]1C)[C@]3(C)[C@H]2N1CCCC1. The summed E-state index contributed by atoms with van der Waals surface area (Å²) in [4.78, 5) is 27.5. The van der Waals surface area contributed by atoms with E-state index in [1.165, 1.54) is 14.2 Å². The molecule has 0 aromatic heterocycles. The van der Waals surface area contributed by atoms with Gasteiger partial charge < -0.3 is 9.47 Å². The van der Waals surface area contributed by atoms with E-state index in [0.29, 0.717) is 0 Å². The van der Waals surface area contributed by atoms with Crippen molar-refractivity contribution in [3.05, 3.63) is 0 Å².